The molecule has 0 saturated heterocycles. The SMILES string of the molecule is COC(=O)C1CC(Cc2nnn(-c3ccc(O)cc3)n2)(NCc2ccc(OC)cc2)C1. The predicted octanol–water partition coefficient (Wildman–Crippen LogP) is 2.03. The Morgan fingerprint density at radius 2 is 1.87 bits per heavy atom. The third-order valence-corrected chi connectivity index (χ3v) is 5.67. The molecule has 2 aromatic carbocycles. The summed E-state index contributed by atoms with van der Waals surface area (Å²) in [6.45, 7) is 0.643. The zero-order chi connectivity index (χ0) is 21.8. The molecule has 1 fully saturated rings. The number of hydrogen-bond donors (Lipinski definition) is 2. The van der Waals surface area contributed by atoms with Crippen LogP contribution in [0.3, 0.4) is 0 Å². The molecule has 1 aliphatic rings. The Labute approximate surface area is 180 Å². The van der Waals surface area contributed by atoms with Crippen molar-refractivity contribution < 1.29 is 19.4 Å². The van der Waals surface area contributed by atoms with Gasteiger partial charge in [0.25, 0.3) is 0 Å². The van der Waals surface area contributed by atoms with Crippen LogP contribution in [0.15, 0.2) is 48.5 Å². The van der Waals surface area contributed by atoms with Crippen molar-refractivity contribution in [3.8, 4) is 17.2 Å². The number of phenols is 1. The van der Waals surface area contributed by atoms with E-state index < -0.39 is 0 Å². The lowest BCUT2D eigenvalue weighted by Crippen LogP contribution is -2.58. The average molecular weight is 423 g/mol. The predicted molar refractivity (Wildman–Crippen MR) is 112 cm³/mol. The highest BCUT2D eigenvalue weighted by Gasteiger charge is 2.48. The Morgan fingerprint density at radius 1 is 1.16 bits per heavy atom. The van der Waals surface area contributed by atoms with E-state index in [0.717, 1.165) is 11.3 Å². The molecule has 31 heavy (non-hydrogen) atoms. The maximum Gasteiger partial charge on any atom is 0.308 e. The summed E-state index contributed by atoms with van der Waals surface area (Å²) in [5, 5.41) is 25.9. The lowest BCUT2D eigenvalue weighted by Gasteiger charge is -2.46. The van der Waals surface area contributed by atoms with Gasteiger partial charge in [-0.2, -0.15) is 0 Å². The summed E-state index contributed by atoms with van der Waals surface area (Å²) in [7, 11) is 3.06. The van der Waals surface area contributed by atoms with E-state index in [4.69, 9.17) is 9.47 Å². The first-order chi connectivity index (χ1) is 15.0. The first-order valence-corrected chi connectivity index (χ1v) is 10.0. The minimum Gasteiger partial charge on any atom is -0.508 e. The van der Waals surface area contributed by atoms with Crippen molar-refractivity contribution >= 4 is 5.97 Å². The summed E-state index contributed by atoms with van der Waals surface area (Å²) in [4.78, 5) is 13.4. The van der Waals surface area contributed by atoms with Crippen molar-refractivity contribution in [3.05, 3.63) is 59.9 Å². The van der Waals surface area contributed by atoms with Crippen LogP contribution in [0.1, 0.15) is 24.2 Å². The standard InChI is InChI=1S/C22H25N5O4/c1-30-19-9-3-15(4-10-19)14-23-22(11-16(12-22)21(29)31-2)13-20-24-26-27(25-20)17-5-7-18(28)8-6-17/h3-10,16,23,28H,11-14H2,1-2H3. The van der Waals surface area contributed by atoms with Gasteiger partial charge in [0.15, 0.2) is 5.82 Å². The molecule has 1 aromatic heterocycles. The highest BCUT2D eigenvalue weighted by Crippen LogP contribution is 2.41. The van der Waals surface area contributed by atoms with Gasteiger partial charge < -0.3 is 19.9 Å². The number of methoxy groups -OCH3 is 2. The number of carbonyl (C=O) groups is 1. The fraction of sp³-hybridized carbons (Fsp3) is 0.364. The van der Waals surface area contributed by atoms with Gasteiger partial charge in [0.05, 0.1) is 25.8 Å². The van der Waals surface area contributed by atoms with Gasteiger partial charge >= 0.3 is 5.97 Å². The van der Waals surface area contributed by atoms with Crippen LogP contribution in [0.2, 0.25) is 0 Å². The van der Waals surface area contributed by atoms with Gasteiger partial charge in [-0.15, -0.1) is 15.0 Å². The second kappa shape index (κ2) is 8.73. The second-order valence-corrected chi connectivity index (χ2v) is 7.80. The first kappa shape index (κ1) is 20.8. The topological polar surface area (TPSA) is 111 Å². The van der Waals surface area contributed by atoms with Crippen molar-refractivity contribution in [2.45, 2.75) is 31.3 Å². The molecule has 0 amide bonds. The lowest BCUT2D eigenvalue weighted by molar-refractivity contribution is -0.151. The number of esters is 1. The second-order valence-electron chi connectivity index (χ2n) is 7.80. The molecule has 0 atom stereocenters. The van der Waals surface area contributed by atoms with Crippen molar-refractivity contribution in [2.24, 2.45) is 5.92 Å². The molecule has 0 bridgehead atoms. The number of phenolic OH excluding ortho intramolecular Hbond substituents is 1. The number of aromatic hydroxyl groups is 1. The van der Waals surface area contributed by atoms with Crippen molar-refractivity contribution in [2.75, 3.05) is 14.2 Å². The highest BCUT2D eigenvalue weighted by molar-refractivity contribution is 5.74. The molecular weight excluding hydrogens is 398 g/mol. The molecule has 0 unspecified atom stereocenters. The fourth-order valence-corrected chi connectivity index (χ4v) is 3.91. The van der Waals surface area contributed by atoms with Crippen LogP contribution < -0.4 is 10.1 Å². The Kier molecular flexibility index (Phi) is 5.85. The lowest BCUT2D eigenvalue weighted by atomic mass is 9.66. The summed E-state index contributed by atoms with van der Waals surface area (Å²) in [5.41, 5.74) is 1.50. The van der Waals surface area contributed by atoms with Crippen molar-refractivity contribution in [3.63, 3.8) is 0 Å². The average Bonchev–Trinajstić information content (AvgIpc) is 3.23. The van der Waals surface area contributed by atoms with E-state index >= 15 is 0 Å². The molecule has 1 aliphatic carbocycles. The van der Waals surface area contributed by atoms with E-state index in [-0.39, 0.29) is 23.2 Å². The molecule has 162 valence electrons. The van der Waals surface area contributed by atoms with Gasteiger partial charge in [-0.25, -0.2) is 0 Å². The van der Waals surface area contributed by atoms with Gasteiger partial charge in [-0.1, -0.05) is 12.1 Å². The molecule has 2 N–H and O–H groups in total. The molecule has 1 saturated carbocycles. The zero-order valence-corrected chi connectivity index (χ0v) is 17.5. The maximum absolute atomic E-state index is 12.0. The maximum atomic E-state index is 12.0. The summed E-state index contributed by atoms with van der Waals surface area (Å²) in [6.07, 6.45) is 1.82. The molecule has 0 spiro atoms. The number of benzene rings is 2. The number of aromatic nitrogens is 4. The number of rotatable bonds is 8. The molecular formula is C22H25N5O4. The number of carbonyl (C=O) groups excluding carboxylic acids is 1. The van der Waals surface area contributed by atoms with E-state index in [1.807, 2.05) is 24.3 Å². The Hall–Kier alpha value is -3.46. The van der Waals surface area contributed by atoms with E-state index in [0.29, 0.717) is 37.3 Å². The molecule has 0 radical (unpaired) electrons. The monoisotopic (exact) mass is 423 g/mol. The van der Waals surface area contributed by atoms with Crippen LogP contribution in [0.5, 0.6) is 11.5 Å². The highest BCUT2D eigenvalue weighted by atomic mass is 16.5. The largest absolute Gasteiger partial charge is 0.508 e. The van der Waals surface area contributed by atoms with Crippen LogP contribution in [0.4, 0.5) is 0 Å². The van der Waals surface area contributed by atoms with E-state index in [1.54, 1.807) is 31.4 Å². The van der Waals surface area contributed by atoms with E-state index in [2.05, 4.69) is 20.7 Å². The Bertz CT molecular complexity index is 1030. The first-order valence-electron chi connectivity index (χ1n) is 10.0. The van der Waals surface area contributed by atoms with Crippen molar-refractivity contribution in [1.29, 1.82) is 0 Å². The summed E-state index contributed by atoms with van der Waals surface area (Å²) >= 11 is 0. The number of tetrazole rings is 1. The van der Waals surface area contributed by atoms with Gasteiger partial charge in [0.2, 0.25) is 0 Å². The van der Waals surface area contributed by atoms with Gasteiger partial charge in [-0.3, -0.25) is 4.79 Å². The Balaban J connectivity index is 1.47. The summed E-state index contributed by atoms with van der Waals surface area (Å²) < 4.78 is 10.1. The minimum absolute atomic E-state index is 0.138. The minimum atomic E-state index is -0.318. The van der Waals surface area contributed by atoms with Gasteiger partial charge in [-0.05, 0) is 60.0 Å². The third kappa shape index (κ3) is 4.66. The number of nitrogens with one attached hydrogen (secondary N) is 1. The quantitative estimate of drug-likeness (QED) is 0.530. The van der Waals surface area contributed by atoms with Crippen LogP contribution in [0.25, 0.3) is 5.69 Å². The fourth-order valence-electron chi connectivity index (χ4n) is 3.91. The molecule has 9 nitrogen and oxygen atoms in total. The van der Waals surface area contributed by atoms with E-state index in [1.165, 1.54) is 11.9 Å². The third-order valence-electron chi connectivity index (χ3n) is 5.67. The van der Waals surface area contributed by atoms with E-state index in [9.17, 15) is 9.90 Å². The summed E-state index contributed by atoms with van der Waals surface area (Å²) in [6, 6.07) is 14.4. The number of ether oxygens (including phenoxy) is 2. The van der Waals surface area contributed by atoms with Crippen LogP contribution in [-0.2, 0) is 22.5 Å². The molecule has 3 aromatic rings. The molecule has 4 rings (SSSR count). The number of nitrogens with zero attached hydrogens (tertiary/aromatic N) is 4. The Morgan fingerprint density at radius 3 is 2.52 bits per heavy atom. The van der Waals surface area contributed by atoms with Crippen LogP contribution >= 0.6 is 0 Å². The number of hydrogen-bond acceptors (Lipinski definition) is 8. The van der Waals surface area contributed by atoms with Crippen LogP contribution in [-0.4, -0.2) is 51.0 Å². The zero-order valence-electron chi connectivity index (χ0n) is 17.5. The normalized spacial score (nSPS) is 20.1. The van der Waals surface area contributed by atoms with Crippen LogP contribution in [0, 0.1) is 5.92 Å². The molecule has 1 heterocycles. The molecule has 0 aliphatic heterocycles. The van der Waals surface area contributed by atoms with Gasteiger partial charge in [0.1, 0.15) is 11.5 Å². The molecule has 9 heteroatoms. The van der Waals surface area contributed by atoms with Crippen molar-refractivity contribution in [1.82, 2.24) is 25.5 Å². The van der Waals surface area contributed by atoms with Gasteiger partial charge in [0, 0.05) is 18.5 Å². The summed E-state index contributed by atoms with van der Waals surface area (Å²) in [5.74, 6) is 1.23. The smallest absolute Gasteiger partial charge is 0.308 e.